The number of anilines is 1. The van der Waals surface area contributed by atoms with Crippen LogP contribution in [0.3, 0.4) is 0 Å². The number of hydrogen-bond donors (Lipinski definition) is 0. The lowest BCUT2D eigenvalue weighted by Gasteiger charge is -2.34. The molecule has 2 heterocycles. The fraction of sp³-hybridized carbons (Fsp3) is 0.350. The van der Waals surface area contributed by atoms with Crippen LogP contribution in [0.2, 0.25) is 0 Å². The van der Waals surface area contributed by atoms with Gasteiger partial charge in [0.05, 0.1) is 0 Å². The summed E-state index contributed by atoms with van der Waals surface area (Å²) in [4.78, 5) is 19.9. The van der Waals surface area contributed by atoms with Gasteiger partial charge in [0.2, 0.25) is 23.4 Å². The van der Waals surface area contributed by atoms with E-state index >= 15 is 0 Å². The Morgan fingerprint density at radius 3 is 2.54 bits per heavy atom. The number of piperazine rings is 1. The smallest absolute Gasteiger partial charge is 0.235 e. The molecule has 0 saturated carbocycles. The minimum absolute atomic E-state index is 0.157. The van der Waals surface area contributed by atoms with Crippen molar-refractivity contribution in [3.63, 3.8) is 0 Å². The highest BCUT2D eigenvalue weighted by Gasteiger charge is 2.25. The quantitative estimate of drug-likeness (QED) is 0.847. The molecule has 6 heteroatoms. The Morgan fingerprint density at radius 2 is 1.92 bits per heavy atom. The van der Waals surface area contributed by atoms with Crippen LogP contribution in [-0.4, -0.2) is 42.0 Å². The van der Waals surface area contributed by atoms with Gasteiger partial charge in [0, 0.05) is 38.7 Å². The van der Waals surface area contributed by atoms with Gasteiger partial charge in [0.1, 0.15) is 6.07 Å². The minimum atomic E-state index is 0.157. The zero-order valence-corrected chi connectivity index (χ0v) is 15.1. The molecule has 6 nitrogen and oxygen atoms in total. The molecule has 0 N–H and O–H groups in total. The number of nitrogens with zero attached hydrogens (tertiary/aromatic N) is 4. The van der Waals surface area contributed by atoms with Gasteiger partial charge < -0.3 is 14.2 Å². The molecule has 1 amide bonds. The zero-order chi connectivity index (χ0) is 18.5. The molecule has 1 aliphatic rings. The third-order valence-electron chi connectivity index (χ3n) is 4.45. The van der Waals surface area contributed by atoms with Crippen LogP contribution in [0.1, 0.15) is 36.1 Å². The van der Waals surface area contributed by atoms with Crippen molar-refractivity contribution in [2.45, 2.75) is 20.3 Å². The van der Waals surface area contributed by atoms with E-state index in [0.29, 0.717) is 44.4 Å². The number of aromatic nitrogens is 1. The molecule has 1 saturated heterocycles. The van der Waals surface area contributed by atoms with Crippen molar-refractivity contribution < 1.29 is 9.21 Å². The van der Waals surface area contributed by atoms with E-state index in [1.807, 2.05) is 54.0 Å². The van der Waals surface area contributed by atoms with E-state index < -0.39 is 0 Å². The van der Waals surface area contributed by atoms with Crippen LogP contribution < -0.4 is 4.90 Å². The molecule has 0 atom stereocenters. The first-order valence-corrected chi connectivity index (χ1v) is 8.79. The van der Waals surface area contributed by atoms with E-state index in [-0.39, 0.29) is 11.6 Å². The van der Waals surface area contributed by atoms with Gasteiger partial charge in [-0.15, -0.1) is 0 Å². The van der Waals surface area contributed by atoms with Crippen LogP contribution in [-0.2, 0) is 4.79 Å². The van der Waals surface area contributed by atoms with Crippen LogP contribution in [0.4, 0.5) is 5.88 Å². The lowest BCUT2D eigenvalue weighted by atomic mass is 10.1. The number of oxazole rings is 1. The molecule has 0 unspecified atom stereocenters. The van der Waals surface area contributed by atoms with Gasteiger partial charge in [-0.05, 0) is 18.6 Å². The Balaban J connectivity index is 1.72. The summed E-state index contributed by atoms with van der Waals surface area (Å²) in [5.74, 6) is 1.05. The number of nitriles is 1. The number of amides is 1. The van der Waals surface area contributed by atoms with Crippen LogP contribution in [0, 0.1) is 18.3 Å². The SMILES string of the molecule is CCC(=O)N1CCN(c2oc(C=Cc3ccc(C)cc3)nc2C#N)CC1. The van der Waals surface area contributed by atoms with Crippen LogP contribution in [0.5, 0.6) is 0 Å². The fourth-order valence-electron chi connectivity index (χ4n) is 2.91. The third-order valence-corrected chi connectivity index (χ3v) is 4.45. The molecule has 1 fully saturated rings. The Kier molecular flexibility index (Phi) is 5.37. The normalized spacial score (nSPS) is 14.7. The van der Waals surface area contributed by atoms with Crippen molar-refractivity contribution in [2.75, 3.05) is 31.1 Å². The number of carbonyl (C=O) groups is 1. The van der Waals surface area contributed by atoms with Gasteiger partial charge in [-0.2, -0.15) is 10.2 Å². The molecule has 3 rings (SSSR count). The molecule has 0 spiro atoms. The first kappa shape index (κ1) is 17.7. The van der Waals surface area contributed by atoms with Crippen molar-refractivity contribution in [3.05, 3.63) is 47.0 Å². The highest BCUT2D eigenvalue weighted by Crippen LogP contribution is 2.24. The van der Waals surface area contributed by atoms with Gasteiger partial charge >= 0.3 is 0 Å². The highest BCUT2D eigenvalue weighted by atomic mass is 16.4. The maximum Gasteiger partial charge on any atom is 0.235 e. The lowest BCUT2D eigenvalue weighted by Crippen LogP contribution is -2.48. The van der Waals surface area contributed by atoms with Crippen molar-refractivity contribution in [3.8, 4) is 6.07 Å². The minimum Gasteiger partial charge on any atom is -0.420 e. The molecule has 26 heavy (non-hydrogen) atoms. The average Bonchev–Trinajstić information content (AvgIpc) is 3.10. The van der Waals surface area contributed by atoms with E-state index in [0.717, 1.165) is 5.56 Å². The molecule has 134 valence electrons. The molecule has 2 aromatic rings. The second-order valence-corrected chi connectivity index (χ2v) is 6.28. The van der Waals surface area contributed by atoms with Crippen molar-refractivity contribution >= 4 is 23.9 Å². The summed E-state index contributed by atoms with van der Waals surface area (Å²) in [6.45, 7) is 6.44. The Bertz CT molecular complexity index is 838. The van der Waals surface area contributed by atoms with Gasteiger partial charge in [-0.3, -0.25) is 4.79 Å². The van der Waals surface area contributed by atoms with Gasteiger partial charge in [-0.25, -0.2) is 0 Å². The van der Waals surface area contributed by atoms with Crippen LogP contribution >= 0.6 is 0 Å². The second-order valence-electron chi connectivity index (χ2n) is 6.28. The van der Waals surface area contributed by atoms with E-state index in [2.05, 4.69) is 11.1 Å². The maximum absolute atomic E-state index is 11.8. The van der Waals surface area contributed by atoms with E-state index in [1.165, 1.54) is 5.56 Å². The molecular formula is C20H22N4O2. The topological polar surface area (TPSA) is 73.4 Å². The number of hydrogen-bond acceptors (Lipinski definition) is 5. The van der Waals surface area contributed by atoms with Crippen molar-refractivity contribution in [2.24, 2.45) is 0 Å². The number of benzene rings is 1. The predicted molar refractivity (Wildman–Crippen MR) is 100 cm³/mol. The molecule has 0 bridgehead atoms. The number of rotatable bonds is 4. The maximum atomic E-state index is 11.8. The van der Waals surface area contributed by atoms with Gasteiger partial charge in [-0.1, -0.05) is 36.8 Å². The summed E-state index contributed by atoms with van der Waals surface area (Å²) in [6.07, 6.45) is 4.19. The monoisotopic (exact) mass is 350 g/mol. The van der Waals surface area contributed by atoms with Crippen molar-refractivity contribution in [1.29, 1.82) is 5.26 Å². The van der Waals surface area contributed by atoms with Crippen LogP contribution in [0.25, 0.3) is 12.2 Å². The van der Waals surface area contributed by atoms with Gasteiger partial charge in [0.15, 0.2) is 0 Å². The van der Waals surface area contributed by atoms with Crippen molar-refractivity contribution in [1.82, 2.24) is 9.88 Å². The van der Waals surface area contributed by atoms with Crippen LogP contribution in [0.15, 0.2) is 28.7 Å². The Morgan fingerprint density at radius 1 is 1.23 bits per heavy atom. The molecule has 1 aromatic carbocycles. The number of carbonyl (C=O) groups excluding carboxylic acids is 1. The highest BCUT2D eigenvalue weighted by molar-refractivity contribution is 5.76. The summed E-state index contributed by atoms with van der Waals surface area (Å²) < 4.78 is 5.81. The standard InChI is InChI=1S/C20H22N4O2/c1-3-19(25)23-10-12-24(13-11-23)20-17(14-21)22-18(26-20)9-8-16-6-4-15(2)5-7-16/h4-9H,3,10-13H2,1-2H3. The first-order chi connectivity index (χ1) is 12.6. The molecule has 0 aliphatic carbocycles. The molecular weight excluding hydrogens is 328 g/mol. The second kappa shape index (κ2) is 7.87. The zero-order valence-electron chi connectivity index (χ0n) is 15.1. The molecule has 0 radical (unpaired) electrons. The lowest BCUT2D eigenvalue weighted by molar-refractivity contribution is -0.131. The van der Waals surface area contributed by atoms with E-state index in [1.54, 1.807) is 6.08 Å². The number of aryl methyl sites for hydroxylation is 1. The molecule has 1 aliphatic heterocycles. The molecule has 1 aromatic heterocycles. The first-order valence-electron chi connectivity index (χ1n) is 8.79. The predicted octanol–water partition coefficient (Wildman–Crippen LogP) is 3.08. The Hall–Kier alpha value is -3.07. The Labute approximate surface area is 153 Å². The summed E-state index contributed by atoms with van der Waals surface area (Å²) in [5, 5.41) is 9.37. The summed E-state index contributed by atoms with van der Waals surface area (Å²) in [7, 11) is 0. The third kappa shape index (κ3) is 3.94. The summed E-state index contributed by atoms with van der Waals surface area (Å²) in [6, 6.07) is 10.2. The summed E-state index contributed by atoms with van der Waals surface area (Å²) in [5.41, 5.74) is 2.53. The van der Waals surface area contributed by atoms with E-state index in [4.69, 9.17) is 4.42 Å². The fourth-order valence-corrected chi connectivity index (χ4v) is 2.91. The summed E-state index contributed by atoms with van der Waals surface area (Å²) >= 11 is 0. The average molecular weight is 350 g/mol. The largest absolute Gasteiger partial charge is 0.420 e. The van der Waals surface area contributed by atoms with E-state index in [9.17, 15) is 10.1 Å². The van der Waals surface area contributed by atoms with Gasteiger partial charge in [0.25, 0.3) is 0 Å².